The third kappa shape index (κ3) is 5.39. The van der Waals surface area contributed by atoms with Crippen molar-refractivity contribution in [3.05, 3.63) is 59.5 Å². The van der Waals surface area contributed by atoms with Gasteiger partial charge >= 0.3 is 0 Å². The highest BCUT2D eigenvalue weighted by atomic mass is 32.1. The van der Waals surface area contributed by atoms with E-state index in [2.05, 4.69) is 34.4 Å². The zero-order chi connectivity index (χ0) is 24.4. The summed E-state index contributed by atoms with van der Waals surface area (Å²) in [4.78, 5) is 20.4. The van der Waals surface area contributed by atoms with Crippen molar-refractivity contribution in [2.24, 2.45) is 0 Å². The first-order chi connectivity index (χ1) is 17.1. The van der Waals surface area contributed by atoms with Crippen LogP contribution in [0.3, 0.4) is 0 Å². The fourth-order valence-electron chi connectivity index (χ4n) is 4.34. The normalized spacial score (nSPS) is 13.8. The van der Waals surface area contributed by atoms with Gasteiger partial charge in [0.05, 0.1) is 15.9 Å². The quantitative estimate of drug-likeness (QED) is 0.287. The zero-order valence-electron chi connectivity index (χ0n) is 20.3. The van der Waals surface area contributed by atoms with Gasteiger partial charge in [-0.05, 0) is 74.8 Å². The monoisotopic (exact) mass is 493 g/mol. The molecule has 8 heteroatoms. The van der Waals surface area contributed by atoms with Crippen LogP contribution in [0.5, 0.6) is 0 Å². The predicted molar refractivity (Wildman–Crippen MR) is 141 cm³/mol. The van der Waals surface area contributed by atoms with Gasteiger partial charge in [-0.15, -0.1) is 0 Å². The second kappa shape index (κ2) is 10.4. The highest BCUT2D eigenvalue weighted by molar-refractivity contribution is 7.23. The van der Waals surface area contributed by atoms with Gasteiger partial charge < -0.3 is 15.5 Å². The van der Waals surface area contributed by atoms with E-state index >= 15 is 0 Å². The van der Waals surface area contributed by atoms with Gasteiger partial charge in [0.15, 0.2) is 4.96 Å². The molecule has 1 amide bonds. The summed E-state index contributed by atoms with van der Waals surface area (Å²) in [5, 5.41) is 6.44. The largest absolute Gasteiger partial charge is 0.352 e. The minimum Gasteiger partial charge on any atom is -0.352 e. The van der Waals surface area contributed by atoms with Crippen molar-refractivity contribution >= 4 is 32.4 Å². The number of hydrogen-bond acceptors (Lipinski definition) is 5. The van der Waals surface area contributed by atoms with Crippen molar-refractivity contribution in [2.75, 3.05) is 26.2 Å². The van der Waals surface area contributed by atoms with E-state index in [0.717, 1.165) is 46.8 Å². The van der Waals surface area contributed by atoms with Gasteiger partial charge in [-0.1, -0.05) is 31.3 Å². The van der Waals surface area contributed by atoms with Gasteiger partial charge in [0, 0.05) is 36.5 Å². The van der Waals surface area contributed by atoms with Crippen LogP contribution in [0, 0.1) is 5.82 Å². The van der Waals surface area contributed by atoms with Gasteiger partial charge in [0.1, 0.15) is 5.82 Å². The molecule has 0 radical (unpaired) electrons. The Hall–Kier alpha value is -2.81. The van der Waals surface area contributed by atoms with E-state index in [1.54, 1.807) is 6.07 Å². The van der Waals surface area contributed by atoms with E-state index in [1.807, 2.05) is 40.9 Å². The lowest BCUT2D eigenvalue weighted by Gasteiger charge is -2.17. The van der Waals surface area contributed by atoms with Gasteiger partial charge in [-0.3, -0.25) is 9.20 Å². The Morgan fingerprint density at radius 3 is 2.77 bits per heavy atom. The van der Waals surface area contributed by atoms with Gasteiger partial charge in [-0.2, -0.15) is 0 Å². The number of rotatable bonds is 11. The van der Waals surface area contributed by atoms with Crippen LogP contribution in [0.2, 0.25) is 0 Å². The summed E-state index contributed by atoms with van der Waals surface area (Å²) in [5.74, 6) is -0.313. The summed E-state index contributed by atoms with van der Waals surface area (Å²) in [7, 11) is 0. The molecule has 0 spiro atoms. The average molecular weight is 494 g/mol. The summed E-state index contributed by atoms with van der Waals surface area (Å²) in [5.41, 5.74) is 3.68. The lowest BCUT2D eigenvalue weighted by molar-refractivity contribution is 0.0952. The topological polar surface area (TPSA) is 61.7 Å². The number of imidazole rings is 1. The lowest BCUT2D eigenvalue weighted by Crippen LogP contribution is -2.29. The number of aromatic nitrogens is 2. The Balaban J connectivity index is 1.28. The Bertz CT molecular complexity index is 1340. The number of hydrogen-bond donors (Lipinski definition) is 2. The highest BCUT2D eigenvalue weighted by Gasteiger charge is 2.20. The fourth-order valence-corrected chi connectivity index (χ4v) is 5.39. The molecule has 0 atom stereocenters. The number of carbonyl (C=O) groups is 1. The first-order valence-electron chi connectivity index (χ1n) is 12.5. The van der Waals surface area contributed by atoms with Crippen molar-refractivity contribution in [3.63, 3.8) is 0 Å². The van der Waals surface area contributed by atoms with Gasteiger partial charge in [0.2, 0.25) is 0 Å². The van der Waals surface area contributed by atoms with Crippen LogP contribution >= 0.6 is 11.3 Å². The molecule has 6 nitrogen and oxygen atoms in total. The third-order valence-corrected chi connectivity index (χ3v) is 7.69. The lowest BCUT2D eigenvalue weighted by atomic mass is 10.1. The molecule has 2 heterocycles. The Morgan fingerprint density at radius 2 is 2.03 bits per heavy atom. The molecule has 184 valence electrons. The molecule has 1 saturated carbocycles. The predicted octanol–water partition coefficient (Wildman–Crippen LogP) is 5.07. The summed E-state index contributed by atoms with van der Waals surface area (Å²) in [6.07, 6.45) is 5.23. The van der Waals surface area contributed by atoms with Crippen LogP contribution < -0.4 is 10.6 Å². The molecule has 1 fully saturated rings. The number of benzene rings is 2. The van der Waals surface area contributed by atoms with Crippen molar-refractivity contribution in [3.8, 4) is 11.3 Å². The molecular weight excluding hydrogens is 461 g/mol. The Kier molecular flexibility index (Phi) is 7.13. The SMILES string of the molecule is CCN(CC)CCCNC(=O)c1ccc2c(c1)sc1nc(-c3ccc(CNC4CC4)cc3F)cn12. The van der Waals surface area contributed by atoms with Crippen molar-refractivity contribution in [1.82, 2.24) is 24.9 Å². The molecule has 4 aromatic rings. The number of amides is 1. The molecule has 0 saturated heterocycles. The van der Waals surface area contributed by atoms with Crippen LogP contribution in [0.4, 0.5) is 4.39 Å². The number of fused-ring (bicyclic) bond motifs is 3. The first-order valence-corrected chi connectivity index (χ1v) is 13.3. The zero-order valence-corrected chi connectivity index (χ0v) is 21.1. The van der Waals surface area contributed by atoms with Crippen LogP contribution in [0.1, 0.15) is 49.0 Å². The number of nitrogens with one attached hydrogen (secondary N) is 2. The maximum absolute atomic E-state index is 14.9. The molecule has 1 aliphatic carbocycles. The molecule has 2 aromatic carbocycles. The maximum atomic E-state index is 14.9. The van der Waals surface area contributed by atoms with Crippen LogP contribution in [-0.4, -0.2) is 52.4 Å². The summed E-state index contributed by atoms with van der Waals surface area (Å²) in [6.45, 7) is 8.69. The summed E-state index contributed by atoms with van der Waals surface area (Å²) in [6, 6.07) is 11.7. The summed E-state index contributed by atoms with van der Waals surface area (Å²) >= 11 is 1.51. The molecule has 35 heavy (non-hydrogen) atoms. The number of carbonyl (C=O) groups excluding carboxylic acids is 1. The van der Waals surface area contributed by atoms with Crippen LogP contribution in [0.25, 0.3) is 26.4 Å². The number of thiazole rings is 1. The molecule has 5 rings (SSSR count). The number of nitrogens with zero attached hydrogens (tertiary/aromatic N) is 3. The molecule has 1 aliphatic rings. The molecule has 2 N–H and O–H groups in total. The third-order valence-electron chi connectivity index (χ3n) is 6.67. The standard InChI is InChI=1S/C27H32FN5OS/c1-3-32(4-2)13-5-12-29-26(34)19-7-11-24-25(15-19)35-27-31-23(17-33(24)27)21-10-6-18(14-22(21)28)16-30-20-8-9-20/h6-7,10-11,14-15,17,20,30H,3-5,8-9,12-13,16H2,1-2H3,(H,29,34). The molecule has 0 aliphatic heterocycles. The molecule has 2 aromatic heterocycles. The highest BCUT2D eigenvalue weighted by Crippen LogP contribution is 2.31. The van der Waals surface area contributed by atoms with Crippen LogP contribution in [0.15, 0.2) is 42.6 Å². The minimum absolute atomic E-state index is 0.0588. The van der Waals surface area contributed by atoms with Crippen LogP contribution in [-0.2, 0) is 6.54 Å². The average Bonchev–Trinajstić information content (AvgIpc) is 3.51. The van der Waals surface area contributed by atoms with E-state index < -0.39 is 0 Å². The minimum atomic E-state index is -0.255. The van der Waals surface area contributed by atoms with E-state index in [0.29, 0.717) is 36.0 Å². The number of halogens is 1. The van der Waals surface area contributed by atoms with Gasteiger partial charge in [0.25, 0.3) is 5.91 Å². The second-order valence-corrected chi connectivity index (χ2v) is 10.2. The van der Waals surface area contributed by atoms with E-state index in [-0.39, 0.29) is 11.7 Å². The van der Waals surface area contributed by atoms with E-state index in [9.17, 15) is 9.18 Å². The first kappa shape index (κ1) is 23.9. The second-order valence-electron chi connectivity index (χ2n) is 9.17. The Labute approximate surface area is 209 Å². The van der Waals surface area contributed by atoms with E-state index in [1.165, 1.54) is 24.2 Å². The molecule has 0 unspecified atom stereocenters. The smallest absolute Gasteiger partial charge is 0.251 e. The Morgan fingerprint density at radius 1 is 1.20 bits per heavy atom. The summed E-state index contributed by atoms with van der Waals surface area (Å²) < 4.78 is 17.8. The van der Waals surface area contributed by atoms with Crippen molar-refractivity contribution in [1.29, 1.82) is 0 Å². The van der Waals surface area contributed by atoms with Gasteiger partial charge in [-0.25, -0.2) is 9.37 Å². The van der Waals surface area contributed by atoms with Crippen molar-refractivity contribution in [2.45, 2.75) is 45.7 Å². The fraction of sp³-hybridized carbons (Fsp3) is 0.407. The van der Waals surface area contributed by atoms with Crippen molar-refractivity contribution < 1.29 is 9.18 Å². The molecular formula is C27H32FN5OS. The molecule has 0 bridgehead atoms. The van der Waals surface area contributed by atoms with E-state index in [4.69, 9.17) is 0 Å². The maximum Gasteiger partial charge on any atom is 0.251 e.